The highest BCUT2D eigenvalue weighted by atomic mass is 32.1. The molecular formula is C4H3N2OS. The van der Waals surface area contributed by atoms with Gasteiger partial charge in [-0.05, 0) is 0 Å². The summed E-state index contributed by atoms with van der Waals surface area (Å²) in [6.07, 6.45) is 2.98. The van der Waals surface area contributed by atoms with Crippen molar-refractivity contribution in [2.24, 2.45) is 0 Å². The smallest absolute Gasteiger partial charge is 0.299 e. The molecule has 0 atom stereocenters. The van der Waals surface area contributed by atoms with Crippen LogP contribution in [-0.2, 0) is 0 Å². The summed E-state index contributed by atoms with van der Waals surface area (Å²) in [4.78, 5) is 3.70. The van der Waals surface area contributed by atoms with Crippen molar-refractivity contribution in [2.75, 3.05) is 5.32 Å². The van der Waals surface area contributed by atoms with Gasteiger partial charge in [0.05, 0.1) is 6.20 Å². The van der Waals surface area contributed by atoms with Crippen molar-refractivity contribution in [1.29, 1.82) is 0 Å². The standard InChI is InChI=1S/C4H3N2OS/c8-3-6-4-5-1-2-7-4/h1-2H,(H,5,6,8). The van der Waals surface area contributed by atoms with Crippen LogP contribution in [0.4, 0.5) is 6.01 Å². The molecule has 1 aromatic heterocycles. The van der Waals surface area contributed by atoms with E-state index in [4.69, 9.17) is 4.42 Å². The molecule has 0 bridgehead atoms. The molecule has 0 aromatic carbocycles. The van der Waals surface area contributed by atoms with E-state index in [1.165, 1.54) is 12.5 Å². The van der Waals surface area contributed by atoms with Gasteiger partial charge in [-0.1, -0.05) is 12.2 Å². The van der Waals surface area contributed by atoms with Crippen LogP contribution in [0.3, 0.4) is 0 Å². The monoisotopic (exact) mass is 127 g/mol. The highest BCUT2D eigenvalue weighted by molar-refractivity contribution is 7.79. The number of aromatic nitrogens is 1. The van der Waals surface area contributed by atoms with E-state index in [0.717, 1.165) is 0 Å². The van der Waals surface area contributed by atoms with Crippen molar-refractivity contribution in [3.63, 3.8) is 0 Å². The van der Waals surface area contributed by atoms with E-state index >= 15 is 0 Å². The van der Waals surface area contributed by atoms with E-state index in [1.54, 1.807) is 0 Å². The highest BCUT2D eigenvalue weighted by Gasteiger charge is 1.87. The van der Waals surface area contributed by atoms with E-state index in [1.807, 2.05) is 0 Å². The Balaban J connectivity index is 2.62. The first-order chi connectivity index (χ1) is 3.93. The summed E-state index contributed by atoms with van der Waals surface area (Å²) < 4.78 is 4.72. The first kappa shape index (κ1) is 5.24. The number of hydrogen-bond donors (Lipinski definition) is 1. The fourth-order valence-electron chi connectivity index (χ4n) is 0.329. The zero-order valence-corrected chi connectivity index (χ0v) is 4.73. The number of rotatable bonds is 2. The summed E-state index contributed by atoms with van der Waals surface area (Å²) in [7, 11) is 0. The molecule has 1 N–H and O–H groups in total. The minimum Gasteiger partial charge on any atom is -0.432 e. The van der Waals surface area contributed by atoms with Gasteiger partial charge in [-0.3, -0.25) is 5.32 Å². The lowest BCUT2D eigenvalue weighted by Crippen LogP contribution is -1.89. The minimum atomic E-state index is 0.375. The number of oxazole rings is 1. The fraction of sp³-hybridized carbons (Fsp3) is 0. The zero-order valence-electron chi connectivity index (χ0n) is 3.92. The molecule has 1 rings (SSSR count). The second kappa shape index (κ2) is 2.42. The Morgan fingerprint density at radius 2 is 2.75 bits per heavy atom. The molecule has 0 spiro atoms. The lowest BCUT2D eigenvalue weighted by molar-refractivity contribution is 0.579. The second-order valence-corrected chi connectivity index (χ2v) is 1.27. The maximum atomic E-state index is 4.72. The predicted molar refractivity (Wildman–Crippen MR) is 32.7 cm³/mol. The quantitative estimate of drug-likeness (QED) is 0.473. The molecule has 41 valence electrons. The minimum absolute atomic E-state index is 0.375. The van der Waals surface area contributed by atoms with Gasteiger partial charge in [0, 0.05) is 0 Å². The zero-order chi connectivity index (χ0) is 5.82. The molecule has 0 aliphatic heterocycles. The molecule has 0 unspecified atom stereocenters. The van der Waals surface area contributed by atoms with E-state index < -0.39 is 0 Å². The maximum Gasteiger partial charge on any atom is 0.299 e. The molecule has 0 amide bonds. The third-order valence-corrected chi connectivity index (χ3v) is 0.692. The number of nitrogens with zero attached hydrogens (tertiary/aromatic N) is 1. The molecule has 0 saturated heterocycles. The molecule has 8 heavy (non-hydrogen) atoms. The first-order valence-corrected chi connectivity index (χ1v) is 2.37. The summed E-state index contributed by atoms with van der Waals surface area (Å²) >= 11 is 4.34. The number of nitrogens with one attached hydrogen (secondary N) is 1. The Morgan fingerprint density at radius 1 is 1.88 bits per heavy atom. The predicted octanol–water partition coefficient (Wildman–Crippen LogP) is 0.921. The van der Waals surface area contributed by atoms with Crippen molar-refractivity contribution in [1.82, 2.24) is 4.98 Å². The SMILES string of the molecule is S=[C]Nc1ncco1. The summed E-state index contributed by atoms with van der Waals surface area (Å²) in [5.41, 5.74) is 2.25. The molecule has 0 saturated carbocycles. The highest BCUT2D eigenvalue weighted by Crippen LogP contribution is 1.97. The summed E-state index contributed by atoms with van der Waals surface area (Å²) in [5, 5.41) is 2.47. The van der Waals surface area contributed by atoms with Crippen LogP contribution in [0.15, 0.2) is 16.9 Å². The van der Waals surface area contributed by atoms with Gasteiger partial charge >= 0.3 is 0 Å². The van der Waals surface area contributed by atoms with Gasteiger partial charge < -0.3 is 4.42 Å². The largest absolute Gasteiger partial charge is 0.432 e. The Bertz CT molecular complexity index is 161. The normalized spacial score (nSPS) is 8.50. The van der Waals surface area contributed by atoms with Gasteiger partial charge in [-0.15, -0.1) is 0 Å². The lowest BCUT2D eigenvalue weighted by atomic mass is 11.0. The third-order valence-electron chi connectivity index (χ3n) is 0.590. The van der Waals surface area contributed by atoms with Crippen molar-refractivity contribution in [2.45, 2.75) is 0 Å². The maximum absolute atomic E-state index is 4.72. The summed E-state index contributed by atoms with van der Waals surface area (Å²) in [6.45, 7) is 0. The first-order valence-electron chi connectivity index (χ1n) is 1.96. The van der Waals surface area contributed by atoms with Gasteiger partial charge in [-0.2, -0.15) is 0 Å². The van der Waals surface area contributed by atoms with Crippen molar-refractivity contribution < 1.29 is 4.42 Å². The average molecular weight is 127 g/mol. The Kier molecular flexibility index (Phi) is 1.58. The second-order valence-electron chi connectivity index (χ2n) is 1.06. The van der Waals surface area contributed by atoms with Gasteiger partial charge in [0.25, 0.3) is 6.01 Å². The van der Waals surface area contributed by atoms with Gasteiger partial charge in [0.15, 0.2) is 0 Å². The molecule has 0 aliphatic rings. The van der Waals surface area contributed by atoms with E-state index in [0.29, 0.717) is 6.01 Å². The molecule has 1 radical (unpaired) electrons. The van der Waals surface area contributed by atoms with E-state index in [-0.39, 0.29) is 0 Å². The van der Waals surface area contributed by atoms with Crippen molar-refractivity contribution in [3.8, 4) is 0 Å². The van der Waals surface area contributed by atoms with Crippen LogP contribution in [0.2, 0.25) is 0 Å². The van der Waals surface area contributed by atoms with Gasteiger partial charge in [0.1, 0.15) is 11.8 Å². The molecule has 0 aliphatic carbocycles. The number of anilines is 1. The van der Waals surface area contributed by atoms with Crippen LogP contribution in [-0.4, -0.2) is 10.5 Å². The summed E-state index contributed by atoms with van der Waals surface area (Å²) in [6, 6.07) is 0.375. The average Bonchev–Trinajstić information content (AvgIpc) is 2.19. The van der Waals surface area contributed by atoms with Crippen molar-refractivity contribution >= 4 is 23.7 Å². The summed E-state index contributed by atoms with van der Waals surface area (Å²) in [5.74, 6) is 0. The van der Waals surface area contributed by atoms with E-state index in [9.17, 15) is 0 Å². The van der Waals surface area contributed by atoms with Crippen LogP contribution in [0, 0.1) is 0 Å². The Labute approximate surface area is 51.7 Å². The van der Waals surface area contributed by atoms with Crippen LogP contribution in [0.5, 0.6) is 0 Å². The molecule has 0 fully saturated rings. The number of hydrogen-bond acceptors (Lipinski definition) is 3. The van der Waals surface area contributed by atoms with E-state index in [2.05, 4.69) is 28.0 Å². The Morgan fingerprint density at radius 3 is 3.25 bits per heavy atom. The van der Waals surface area contributed by atoms with Crippen LogP contribution >= 0.6 is 12.2 Å². The molecule has 1 aromatic rings. The topological polar surface area (TPSA) is 38.1 Å². The molecular weight excluding hydrogens is 124 g/mol. The van der Waals surface area contributed by atoms with Crippen LogP contribution < -0.4 is 5.32 Å². The third kappa shape index (κ3) is 1.04. The number of thiocarbonyl (C=S) groups is 1. The van der Waals surface area contributed by atoms with Gasteiger partial charge in [0.2, 0.25) is 0 Å². The van der Waals surface area contributed by atoms with Gasteiger partial charge in [-0.25, -0.2) is 4.98 Å². The Hall–Kier alpha value is -0.900. The van der Waals surface area contributed by atoms with Crippen LogP contribution in [0.1, 0.15) is 0 Å². The fourth-order valence-corrected chi connectivity index (χ4v) is 0.416. The van der Waals surface area contributed by atoms with Crippen molar-refractivity contribution in [3.05, 3.63) is 12.5 Å². The van der Waals surface area contributed by atoms with Crippen LogP contribution in [0.25, 0.3) is 0 Å². The lowest BCUT2D eigenvalue weighted by Gasteiger charge is -1.83. The molecule has 3 nitrogen and oxygen atoms in total. The molecule has 4 heteroatoms. The molecule has 1 heterocycles.